The summed E-state index contributed by atoms with van der Waals surface area (Å²) >= 11 is 3.21. The Labute approximate surface area is 110 Å². The third kappa shape index (κ3) is 4.37. The predicted molar refractivity (Wildman–Crippen MR) is 71.5 cm³/mol. The fourth-order valence-electron chi connectivity index (χ4n) is 1.78. The molecule has 0 aromatic heterocycles. The molecule has 2 rings (SSSR count). The van der Waals surface area contributed by atoms with Gasteiger partial charge in [-0.1, -0.05) is 6.07 Å². The van der Waals surface area contributed by atoms with E-state index in [1.165, 1.54) is 18.9 Å². The van der Waals surface area contributed by atoms with E-state index in [2.05, 4.69) is 33.2 Å². The average Bonchev–Trinajstić information content (AvgIpc) is 3.07. The zero-order valence-electron chi connectivity index (χ0n) is 10.0. The molecule has 1 aromatic rings. The molecule has 0 aliphatic heterocycles. The lowest BCUT2D eigenvalue weighted by Gasteiger charge is -2.17. The largest absolute Gasteiger partial charge is 0.313 e. The van der Waals surface area contributed by atoms with Gasteiger partial charge in [-0.15, -0.1) is 0 Å². The number of nitrogens with zero attached hydrogens (tertiary/aromatic N) is 1. The van der Waals surface area contributed by atoms with Gasteiger partial charge in [0.1, 0.15) is 5.82 Å². The molecule has 0 heterocycles. The Morgan fingerprint density at radius 2 is 2.24 bits per heavy atom. The second-order valence-corrected chi connectivity index (χ2v) is 5.57. The third-order valence-electron chi connectivity index (χ3n) is 2.94. The van der Waals surface area contributed by atoms with Crippen molar-refractivity contribution in [2.24, 2.45) is 0 Å². The number of halogens is 2. The first-order chi connectivity index (χ1) is 8.15. The molecule has 94 valence electrons. The molecular formula is C13H18BrFN2. The van der Waals surface area contributed by atoms with Crippen molar-refractivity contribution in [3.8, 4) is 0 Å². The lowest BCUT2D eigenvalue weighted by atomic mass is 10.2. The van der Waals surface area contributed by atoms with Crippen molar-refractivity contribution in [2.75, 3.05) is 20.1 Å². The van der Waals surface area contributed by atoms with Crippen LogP contribution in [0.5, 0.6) is 0 Å². The number of hydrogen-bond acceptors (Lipinski definition) is 2. The van der Waals surface area contributed by atoms with E-state index in [9.17, 15) is 4.39 Å². The van der Waals surface area contributed by atoms with Crippen molar-refractivity contribution in [1.29, 1.82) is 0 Å². The maximum atomic E-state index is 13.1. The number of likely N-dealkylation sites (N-methyl/N-ethyl adjacent to an activating group) is 1. The maximum absolute atomic E-state index is 13.1. The fraction of sp³-hybridized carbons (Fsp3) is 0.538. The molecule has 0 bridgehead atoms. The molecule has 1 fully saturated rings. The van der Waals surface area contributed by atoms with E-state index in [-0.39, 0.29) is 5.82 Å². The van der Waals surface area contributed by atoms with Crippen LogP contribution in [0.25, 0.3) is 0 Å². The molecule has 1 aromatic carbocycles. The van der Waals surface area contributed by atoms with E-state index in [4.69, 9.17) is 0 Å². The minimum absolute atomic E-state index is 0.202. The lowest BCUT2D eigenvalue weighted by molar-refractivity contribution is 0.324. The molecule has 1 aliphatic carbocycles. The van der Waals surface area contributed by atoms with Gasteiger partial charge < -0.3 is 10.2 Å². The third-order valence-corrected chi connectivity index (χ3v) is 3.55. The van der Waals surface area contributed by atoms with Crippen LogP contribution in [0.1, 0.15) is 18.4 Å². The Hall–Kier alpha value is -0.450. The highest BCUT2D eigenvalue weighted by Crippen LogP contribution is 2.19. The van der Waals surface area contributed by atoms with E-state index in [0.29, 0.717) is 4.47 Å². The summed E-state index contributed by atoms with van der Waals surface area (Å²) < 4.78 is 13.6. The lowest BCUT2D eigenvalue weighted by Crippen LogP contribution is -2.30. The predicted octanol–water partition coefficient (Wildman–Crippen LogP) is 2.77. The van der Waals surface area contributed by atoms with Crippen molar-refractivity contribution in [1.82, 2.24) is 10.2 Å². The van der Waals surface area contributed by atoms with E-state index < -0.39 is 0 Å². The van der Waals surface area contributed by atoms with Gasteiger partial charge in [-0.3, -0.25) is 0 Å². The maximum Gasteiger partial charge on any atom is 0.137 e. The van der Waals surface area contributed by atoms with Gasteiger partial charge in [0.25, 0.3) is 0 Å². The Balaban J connectivity index is 1.75. The minimum atomic E-state index is -0.202. The minimum Gasteiger partial charge on any atom is -0.313 e. The molecule has 0 spiro atoms. The molecule has 2 nitrogen and oxygen atoms in total. The van der Waals surface area contributed by atoms with E-state index in [1.54, 1.807) is 0 Å². The highest BCUT2D eigenvalue weighted by atomic mass is 79.9. The van der Waals surface area contributed by atoms with Crippen molar-refractivity contribution >= 4 is 15.9 Å². The van der Waals surface area contributed by atoms with Crippen LogP contribution < -0.4 is 5.32 Å². The topological polar surface area (TPSA) is 15.3 Å². The van der Waals surface area contributed by atoms with Crippen LogP contribution in [-0.4, -0.2) is 31.1 Å². The first kappa shape index (κ1) is 13.0. The monoisotopic (exact) mass is 300 g/mol. The average molecular weight is 301 g/mol. The highest BCUT2D eigenvalue weighted by molar-refractivity contribution is 9.10. The first-order valence-electron chi connectivity index (χ1n) is 6.01. The summed E-state index contributed by atoms with van der Waals surface area (Å²) in [5, 5.41) is 3.48. The molecule has 0 unspecified atom stereocenters. The van der Waals surface area contributed by atoms with Gasteiger partial charge in [0, 0.05) is 25.7 Å². The Kier molecular flexibility index (Phi) is 4.54. The molecule has 0 atom stereocenters. The van der Waals surface area contributed by atoms with Crippen LogP contribution in [0.2, 0.25) is 0 Å². The number of hydrogen-bond donors (Lipinski definition) is 1. The standard InChI is InChI=1S/C13H18BrFN2/c1-17(7-6-16-11-3-4-11)9-10-2-5-13(15)12(14)8-10/h2,5,8,11,16H,3-4,6-7,9H2,1H3. The van der Waals surface area contributed by atoms with E-state index in [0.717, 1.165) is 31.2 Å². The van der Waals surface area contributed by atoms with Crippen LogP contribution in [0.3, 0.4) is 0 Å². The zero-order valence-corrected chi connectivity index (χ0v) is 11.6. The normalized spacial score (nSPS) is 15.5. The molecule has 17 heavy (non-hydrogen) atoms. The zero-order chi connectivity index (χ0) is 12.3. The number of rotatable bonds is 6. The summed E-state index contributed by atoms with van der Waals surface area (Å²) in [6, 6.07) is 5.96. The molecule has 0 saturated heterocycles. The van der Waals surface area contributed by atoms with Crippen LogP contribution >= 0.6 is 15.9 Å². The van der Waals surface area contributed by atoms with Gasteiger partial charge in [0.2, 0.25) is 0 Å². The van der Waals surface area contributed by atoms with Crippen LogP contribution in [0, 0.1) is 5.82 Å². The van der Waals surface area contributed by atoms with Gasteiger partial charge in [-0.25, -0.2) is 4.39 Å². The summed E-state index contributed by atoms with van der Waals surface area (Å²) in [6.07, 6.45) is 2.66. The van der Waals surface area contributed by atoms with Crippen LogP contribution in [0.4, 0.5) is 4.39 Å². The Bertz CT molecular complexity index is 380. The van der Waals surface area contributed by atoms with Crippen molar-refractivity contribution in [2.45, 2.75) is 25.4 Å². The molecule has 1 N–H and O–H groups in total. The van der Waals surface area contributed by atoms with Gasteiger partial charge in [0.05, 0.1) is 4.47 Å². The Morgan fingerprint density at radius 3 is 2.88 bits per heavy atom. The molecule has 0 amide bonds. The SMILES string of the molecule is CN(CCNC1CC1)Cc1ccc(F)c(Br)c1. The summed E-state index contributed by atoms with van der Waals surface area (Å²) in [7, 11) is 2.09. The van der Waals surface area contributed by atoms with Crippen LogP contribution in [0.15, 0.2) is 22.7 Å². The number of benzene rings is 1. The smallest absolute Gasteiger partial charge is 0.137 e. The summed E-state index contributed by atoms with van der Waals surface area (Å²) in [4.78, 5) is 2.25. The number of nitrogens with one attached hydrogen (secondary N) is 1. The van der Waals surface area contributed by atoms with Crippen molar-refractivity contribution < 1.29 is 4.39 Å². The molecule has 1 saturated carbocycles. The summed E-state index contributed by atoms with van der Waals surface area (Å²) in [6.45, 7) is 2.90. The van der Waals surface area contributed by atoms with Gasteiger partial charge in [-0.05, 0) is 53.5 Å². The van der Waals surface area contributed by atoms with Crippen molar-refractivity contribution in [3.05, 3.63) is 34.1 Å². The Morgan fingerprint density at radius 1 is 1.47 bits per heavy atom. The van der Waals surface area contributed by atoms with Gasteiger partial charge >= 0.3 is 0 Å². The second-order valence-electron chi connectivity index (χ2n) is 4.71. The van der Waals surface area contributed by atoms with Crippen LogP contribution in [-0.2, 0) is 6.54 Å². The molecular weight excluding hydrogens is 283 g/mol. The molecule has 4 heteroatoms. The quantitative estimate of drug-likeness (QED) is 0.869. The molecule has 1 aliphatic rings. The summed E-state index contributed by atoms with van der Waals surface area (Å²) in [5.74, 6) is -0.202. The van der Waals surface area contributed by atoms with Crippen molar-refractivity contribution in [3.63, 3.8) is 0 Å². The second kappa shape index (κ2) is 5.94. The highest BCUT2D eigenvalue weighted by Gasteiger charge is 2.19. The van der Waals surface area contributed by atoms with E-state index in [1.807, 2.05) is 12.1 Å². The molecule has 0 radical (unpaired) electrons. The first-order valence-corrected chi connectivity index (χ1v) is 6.80. The van der Waals surface area contributed by atoms with E-state index >= 15 is 0 Å². The summed E-state index contributed by atoms with van der Waals surface area (Å²) in [5.41, 5.74) is 1.13. The fourth-order valence-corrected chi connectivity index (χ4v) is 2.20. The van der Waals surface area contributed by atoms with Gasteiger partial charge in [-0.2, -0.15) is 0 Å². The van der Waals surface area contributed by atoms with Gasteiger partial charge in [0.15, 0.2) is 0 Å².